The number of aromatic hydroxyl groups is 1. The van der Waals surface area contributed by atoms with Gasteiger partial charge in [-0.3, -0.25) is 4.79 Å². The van der Waals surface area contributed by atoms with Gasteiger partial charge >= 0.3 is 0 Å². The van der Waals surface area contributed by atoms with Crippen molar-refractivity contribution in [1.29, 1.82) is 0 Å². The molecule has 100 valence electrons. The summed E-state index contributed by atoms with van der Waals surface area (Å²) >= 11 is 0. The summed E-state index contributed by atoms with van der Waals surface area (Å²) in [4.78, 5) is 14.3. The predicted octanol–water partition coefficient (Wildman–Crippen LogP) is 2.56. The highest BCUT2D eigenvalue weighted by Gasteiger charge is 2.40. The summed E-state index contributed by atoms with van der Waals surface area (Å²) in [5.41, 5.74) is 1.05. The van der Waals surface area contributed by atoms with Gasteiger partial charge in [0, 0.05) is 19.5 Å². The number of carbonyl (C=O) groups excluding carboxylic acids is 1. The Bertz CT molecular complexity index is 506. The van der Waals surface area contributed by atoms with E-state index in [-0.39, 0.29) is 17.6 Å². The first-order chi connectivity index (χ1) is 9.13. The van der Waals surface area contributed by atoms with E-state index in [0.717, 1.165) is 18.4 Å². The number of amides is 1. The van der Waals surface area contributed by atoms with Crippen LogP contribution in [0.15, 0.2) is 36.4 Å². The lowest BCUT2D eigenvalue weighted by Crippen LogP contribution is -2.34. The van der Waals surface area contributed by atoms with Crippen molar-refractivity contribution < 1.29 is 9.90 Å². The first-order valence-corrected chi connectivity index (χ1v) is 6.84. The Kier molecular flexibility index (Phi) is 3.05. The zero-order chi connectivity index (χ0) is 13.4. The van der Waals surface area contributed by atoms with Gasteiger partial charge < -0.3 is 10.0 Å². The van der Waals surface area contributed by atoms with E-state index >= 15 is 0 Å². The zero-order valence-electron chi connectivity index (χ0n) is 11.1. The summed E-state index contributed by atoms with van der Waals surface area (Å²) < 4.78 is 0. The van der Waals surface area contributed by atoms with E-state index in [1.807, 2.05) is 24.1 Å². The average molecular weight is 257 g/mol. The van der Waals surface area contributed by atoms with Gasteiger partial charge in [0.1, 0.15) is 5.75 Å². The summed E-state index contributed by atoms with van der Waals surface area (Å²) in [6, 6.07) is 7.04. The van der Waals surface area contributed by atoms with E-state index in [4.69, 9.17) is 0 Å². The fraction of sp³-hybridized carbons (Fsp3) is 0.438. The van der Waals surface area contributed by atoms with Crippen molar-refractivity contribution in [2.45, 2.75) is 19.4 Å². The smallest absolute Gasteiger partial charge is 0.226 e. The molecular formula is C16H19NO2. The Morgan fingerprint density at radius 1 is 1.26 bits per heavy atom. The molecule has 0 saturated heterocycles. The molecule has 3 rings (SSSR count). The van der Waals surface area contributed by atoms with Crippen LogP contribution < -0.4 is 0 Å². The molecule has 2 bridgehead atoms. The highest BCUT2D eigenvalue weighted by molar-refractivity contribution is 5.80. The Morgan fingerprint density at radius 3 is 2.58 bits per heavy atom. The molecule has 2 aliphatic carbocycles. The van der Waals surface area contributed by atoms with Crippen LogP contribution in [0.5, 0.6) is 5.75 Å². The number of phenolic OH excluding ortho intramolecular Hbond substituents is 1. The van der Waals surface area contributed by atoms with Crippen molar-refractivity contribution in [2.24, 2.45) is 17.8 Å². The maximum absolute atomic E-state index is 12.4. The van der Waals surface area contributed by atoms with E-state index in [2.05, 4.69) is 12.2 Å². The van der Waals surface area contributed by atoms with Crippen molar-refractivity contribution in [2.75, 3.05) is 7.05 Å². The van der Waals surface area contributed by atoms with Crippen molar-refractivity contribution in [3.8, 4) is 5.75 Å². The Labute approximate surface area is 113 Å². The molecule has 1 amide bonds. The third-order valence-electron chi connectivity index (χ3n) is 4.33. The molecule has 1 aromatic carbocycles. The molecule has 0 radical (unpaired) electrons. The molecule has 1 fully saturated rings. The number of phenols is 1. The number of benzene rings is 1. The van der Waals surface area contributed by atoms with Crippen LogP contribution in [0.25, 0.3) is 0 Å². The minimum atomic E-state index is 0.178. The van der Waals surface area contributed by atoms with Crippen LogP contribution in [0.1, 0.15) is 18.4 Å². The lowest BCUT2D eigenvalue weighted by molar-refractivity contribution is -0.135. The monoisotopic (exact) mass is 257 g/mol. The molecule has 0 aromatic heterocycles. The van der Waals surface area contributed by atoms with Crippen LogP contribution >= 0.6 is 0 Å². The minimum Gasteiger partial charge on any atom is -0.508 e. The van der Waals surface area contributed by atoms with Crippen LogP contribution in [-0.4, -0.2) is 23.0 Å². The second kappa shape index (κ2) is 4.72. The van der Waals surface area contributed by atoms with E-state index in [9.17, 15) is 9.90 Å². The largest absolute Gasteiger partial charge is 0.508 e. The average Bonchev–Trinajstić information content (AvgIpc) is 3.03. The molecular weight excluding hydrogens is 238 g/mol. The van der Waals surface area contributed by atoms with Gasteiger partial charge in [0.2, 0.25) is 5.91 Å². The first-order valence-electron chi connectivity index (χ1n) is 6.84. The van der Waals surface area contributed by atoms with Crippen molar-refractivity contribution in [3.05, 3.63) is 42.0 Å². The molecule has 3 unspecified atom stereocenters. The van der Waals surface area contributed by atoms with Gasteiger partial charge in [0.05, 0.1) is 0 Å². The third-order valence-corrected chi connectivity index (χ3v) is 4.33. The summed E-state index contributed by atoms with van der Waals surface area (Å²) in [5, 5.41) is 9.26. The number of hydrogen-bond donors (Lipinski definition) is 1. The van der Waals surface area contributed by atoms with Crippen molar-refractivity contribution in [1.82, 2.24) is 4.90 Å². The van der Waals surface area contributed by atoms with Gasteiger partial charge in [0.15, 0.2) is 0 Å². The second-order valence-corrected chi connectivity index (χ2v) is 5.75. The number of fused-ring (bicyclic) bond motifs is 2. The minimum absolute atomic E-state index is 0.178. The number of allylic oxidation sites excluding steroid dienone is 2. The lowest BCUT2D eigenvalue weighted by Gasteiger charge is -2.24. The quantitative estimate of drug-likeness (QED) is 0.845. The van der Waals surface area contributed by atoms with Gasteiger partial charge in [-0.2, -0.15) is 0 Å². The summed E-state index contributed by atoms with van der Waals surface area (Å²) in [5.74, 6) is 1.78. The van der Waals surface area contributed by atoms with Crippen LogP contribution in [0.2, 0.25) is 0 Å². The number of nitrogens with zero attached hydrogens (tertiary/aromatic N) is 1. The number of hydrogen-bond acceptors (Lipinski definition) is 2. The van der Waals surface area contributed by atoms with Gasteiger partial charge in [-0.25, -0.2) is 0 Å². The molecule has 0 heterocycles. The van der Waals surface area contributed by atoms with Gasteiger partial charge in [-0.05, 0) is 42.4 Å². The van der Waals surface area contributed by atoms with E-state index in [0.29, 0.717) is 18.4 Å². The number of rotatable bonds is 3. The summed E-state index contributed by atoms with van der Waals surface area (Å²) in [6.45, 7) is 0.608. The highest BCUT2D eigenvalue weighted by atomic mass is 16.3. The van der Waals surface area contributed by atoms with Crippen molar-refractivity contribution in [3.63, 3.8) is 0 Å². The summed E-state index contributed by atoms with van der Waals surface area (Å²) in [7, 11) is 1.87. The van der Waals surface area contributed by atoms with E-state index < -0.39 is 0 Å². The SMILES string of the molecule is CN(Cc1ccc(O)cc1)C(=O)C1CC2C=CC1C2. The molecule has 0 spiro atoms. The Morgan fingerprint density at radius 2 is 2.00 bits per heavy atom. The fourth-order valence-corrected chi connectivity index (χ4v) is 3.30. The molecule has 2 aliphatic rings. The van der Waals surface area contributed by atoms with Crippen LogP contribution in [0.4, 0.5) is 0 Å². The Balaban J connectivity index is 1.64. The topological polar surface area (TPSA) is 40.5 Å². The molecule has 1 aromatic rings. The Hall–Kier alpha value is -1.77. The molecule has 3 atom stereocenters. The molecule has 0 aliphatic heterocycles. The van der Waals surface area contributed by atoms with E-state index in [1.165, 1.54) is 0 Å². The van der Waals surface area contributed by atoms with Crippen LogP contribution in [-0.2, 0) is 11.3 Å². The standard InChI is InChI=1S/C16H19NO2/c1-17(10-11-3-6-14(18)7-4-11)16(19)15-9-12-2-5-13(15)8-12/h2-7,12-13,15,18H,8-10H2,1H3. The molecule has 3 heteroatoms. The van der Waals surface area contributed by atoms with Gasteiger partial charge in [-0.1, -0.05) is 24.3 Å². The molecule has 1 saturated carbocycles. The third kappa shape index (κ3) is 2.37. The normalized spacial score (nSPS) is 27.7. The second-order valence-electron chi connectivity index (χ2n) is 5.75. The zero-order valence-corrected chi connectivity index (χ0v) is 11.1. The maximum Gasteiger partial charge on any atom is 0.226 e. The molecule has 1 N–H and O–H groups in total. The predicted molar refractivity (Wildman–Crippen MR) is 73.4 cm³/mol. The molecule has 3 nitrogen and oxygen atoms in total. The molecule has 19 heavy (non-hydrogen) atoms. The fourth-order valence-electron chi connectivity index (χ4n) is 3.30. The maximum atomic E-state index is 12.4. The van der Waals surface area contributed by atoms with Gasteiger partial charge in [0.25, 0.3) is 0 Å². The number of carbonyl (C=O) groups is 1. The van der Waals surface area contributed by atoms with E-state index in [1.54, 1.807) is 12.1 Å². The first kappa shape index (κ1) is 12.3. The van der Waals surface area contributed by atoms with Gasteiger partial charge in [-0.15, -0.1) is 0 Å². The summed E-state index contributed by atoms with van der Waals surface area (Å²) in [6.07, 6.45) is 6.64. The van der Waals surface area contributed by atoms with Crippen molar-refractivity contribution >= 4 is 5.91 Å². The lowest BCUT2D eigenvalue weighted by atomic mass is 9.92. The van der Waals surface area contributed by atoms with Crippen LogP contribution in [0, 0.1) is 17.8 Å². The van der Waals surface area contributed by atoms with Crippen LogP contribution in [0.3, 0.4) is 0 Å². The highest BCUT2D eigenvalue weighted by Crippen LogP contribution is 2.44.